The van der Waals surface area contributed by atoms with E-state index in [1.807, 2.05) is 0 Å². The molecule has 0 radical (unpaired) electrons. The number of nitrogens with one attached hydrogen (secondary N) is 1. The first-order valence-electron chi connectivity index (χ1n) is 19.4. The third kappa shape index (κ3) is 6.08. The minimum absolute atomic E-state index is 0.0144. The number of nitrogens with two attached hydrogens (primary N) is 1. The van der Waals surface area contributed by atoms with E-state index < -0.39 is 58.3 Å². The van der Waals surface area contributed by atoms with E-state index in [1.54, 1.807) is 13.0 Å². The van der Waals surface area contributed by atoms with E-state index in [0.717, 1.165) is 57.1 Å². The molecule has 0 amide bonds. The van der Waals surface area contributed by atoms with Crippen LogP contribution in [0.2, 0.25) is 0 Å². The number of carbonyl (C=O) groups is 1. The lowest BCUT2D eigenvalue weighted by molar-refractivity contribution is -0.196. The molecule has 2 unspecified atom stereocenters. The smallest absolute Gasteiger partial charge is 0.159 e. The number of hydrogen-bond acceptors (Lipinski definition) is 9. The van der Waals surface area contributed by atoms with Gasteiger partial charge in [-0.3, -0.25) is 4.79 Å². The van der Waals surface area contributed by atoms with Gasteiger partial charge in [-0.2, -0.15) is 0 Å². The highest BCUT2D eigenvalue weighted by Crippen LogP contribution is 2.69. The molecule has 9 nitrogen and oxygen atoms in total. The van der Waals surface area contributed by atoms with Gasteiger partial charge >= 0.3 is 0 Å². The summed E-state index contributed by atoms with van der Waals surface area (Å²) >= 11 is 0. The lowest BCUT2D eigenvalue weighted by atomic mass is 9.44. The Morgan fingerprint density at radius 3 is 2.54 bits per heavy atom. The number of aliphatic hydroxyl groups excluding tert-OH is 3. The molecule has 0 spiro atoms. The van der Waals surface area contributed by atoms with E-state index in [1.165, 1.54) is 6.42 Å². The van der Waals surface area contributed by atoms with Gasteiger partial charge in [-0.05, 0) is 137 Å². The standard InChI is InChI=1S/C39H66N2O7/c1-22(2)7-6-8-25-21-48-34(23(25)3)35(45)37(5,46)32-13-16-39(47)27-17-29(42)28-18-30(43)31(44)19-38(28,26(27)12-14-36(32,39)4)15-11-24-9-10-33(40)41-20-24/h17,22-26,28,30-35,41,43-47H,6-16,18-21,40H2,1-5H3/t23-,24?,25-,26-,28-,30-,31+,32-,33?,34-,35-,36-,37-,38-,39+/m1/s1. The molecule has 5 fully saturated rings. The maximum absolute atomic E-state index is 14.1. The van der Waals surface area contributed by atoms with E-state index in [-0.39, 0.29) is 30.2 Å². The van der Waals surface area contributed by atoms with Crippen LogP contribution in [0, 0.1) is 52.3 Å². The number of carbonyl (C=O) groups excluding carboxylic acids is 1. The molecule has 3 saturated carbocycles. The van der Waals surface area contributed by atoms with Crippen LogP contribution in [0.3, 0.4) is 0 Å². The molecule has 4 aliphatic carbocycles. The number of rotatable bonds is 10. The molecular formula is C39H66N2O7. The van der Waals surface area contributed by atoms with Crippen molar-refractivity contribution in [2.45, 2.75) is 160 Å². The van der Waals surface area contributed by atoms with Gasteiger partial charge in [0.15, 0.2) is 5.78 Å². The molecule has 0 aromatic rings. The summed E-state index contributed by atoms with van der Waals surface area (Å²) in [6.07, 6.45) is 8.07. The molecule has 15 atom stereocenters. The van der Waals surface area contributed by atoms with Crippen LogP contribution in [0.25, 0.3) is 0 Å². The lowest BCUT2D eigenvalue weighted by Gasteiger charge is -2.62. The summed E-state index contributed by atoms with van der Waals surface area (Å²) in [5.74, 6) is 0.585. The average Bonchev–Trinajstić information content (AvgIpc) is 3.54. The Bertz CT molecular complexity index is 1200. The summed E-state index contributed by atoms with van der Waals surface area (Å²) in [7, 11) is 0. The Kier molecular flexibility index (Phi) is 10.4. The second-order valence-corrected chi connectivity index (χ2v) is 18.2. The summed E-state index contributed by atoms with van der Waals surface area (Å²) in [6, 6.07) is 0. The summed E-state index contributed by atoms with van der Waals surface area (Å²) in [5, 5.41) is 62.3. The highest BCUT2D eigenvalue weighted by molar-refractivity contribution is 5.95. The molecule has 274 valence electrons. The van der Waals surface area contributed by atoms with Crippen LogP contribution in [0.4, 0.5) is 0 Å². The van der Waals surface area contributed by atoms with Gasteiger partial charge in [0.2, 0.25) is 0 Å². The number of fused-ring (bicyclic) bond motifs is 5. The highest BCUT2D eigenvalue weighted by atomic mass is 16.5. The Labute approximate surface area is 288 Å². The molecular weight excluding hydrogens is 608 g/mol. The van der Waals surface area contributed by atoms with Crippen molar-refractivity contribution in [1.82, 2.24) is 5.32 Å². The monoisotopic (exact) mass is 674 g/mol. The van der Waals surface area contributed by atoms with E-state index in [4.69, 9.17) is 10.5 Å². The topological polar surface area (TPSA) is 166 Å². The fourth-order valence-corrected chi connectivity index (χ4v) is 12.0. The van der Waals surface area contributed by atoms with Gasteiger partial charge in [-0.25, -0.2) is 0 Å². The zero-order chi connectivity index (χ0) is 34.8. The first-order chi connectivity index (χ1) is 22.5. The second kappa shape index (κ2) is 13.6. The third-order valence-corrected chi connectivity index (χ3v) is 15.2. The minimum Gasteiger partial charge on any atom is -0.390 e. The van der Waals surface area contributed by atoms with Crippen molar-refractivity contribution in [3.8, 4) is 0 Å². The first kappa shape index (κ1) is 36.9. The van der Waals surface area contributed by atoms with Crippen LogP contribution >= 0.6 is 0 Å². The van der Waals surface area contributed by atoms with Crippen molar-refractivity contribution in [1.29, 1.82) is 0 Å². The maximum atomic E-state index is 14.1. The molecule has 2 heterocycles. The Morgan fingerprint density at radius 2 is 1.85 bits per heavy atom. The molecule has 2 aliphatic heterocycles. The van der Waals surface area contributed by atoms with Crippen molar-refractivity contribution in [3.63, 3.8) is 0 Å². The van der Waals surface area contributed by atoms with E-state index >= 15 is 0 Å². The van der Waals surface area contributed by atoms with Crippen molar-refractivity contribution >= 4 is 5.78 Å². The lowest BCUT2D eigenvalue weighted by Crippen LogP contribution is -2.64. The van der Waals surface area contributed by atoms with Gasteiger partial charge < -0.3 is 41.3 Å². The number of aliphatic hydroxyl groups is 5. The normalized spacial score (nSPS) is 48.0. The molecule has 48 heavy (non-hydrogen) atoms. The van der Waals surface area contributed by atoms with Gasteiger partial charge in [0, 0.05) is 11.3 Å². The van der Waals surface area contributed by atoms with Crippen molar-refractivity contribution in [2.75, 3.05) is 13.2 Å². The quantitative estimate of drug-likeness (QED) is 0.182. The van der Waals surface area contributed by atoms with Crippen molar-refractivity contribution in [3.05, 3.63) is 11.6 Å². The van der Waals surface area contributed by atoms with Gasteiger partial charge in [0.25, 0.3) is 0 Å². The summed E-state index contributed by atoms with van der Waals surface area (Å²) < 4.78 is 6.23. The van der Waals surface area contributed by atoms with Crippen LogP contribution in [0.15, 0.2) is 11.6 Å². The second-order valence-electron chi connectivity index (χ2n) is 18.2. The number of ketones is 1. The molecule has 6 rings (SSSR count). The zero-order valence-electron chi connectivity index (χ0n) is 30.2. The molecule has 0 bridgehead atoms. The van der Waals surface area contributed by atoms with Crippen LogP contribution in [0.5, 0.6) is 0 Å². The van der Waals surface area contributed by atoms with Crippen molar-refractivity contribution < 1.29 is 35.1 Å². The fourth-order valence-electron chi connectivity index (χ4n) is 12.0. The Balaban J connectivity index is 1.25. The van der Waals surface area contributed by atoms with Gasteiger partial charge in [0.1, 0.15) is 6.10 Å². The number of hydrogen-bond donors (Lipinski definition) is 7. The van der Waals surface area contributed by atoms with Crippen LogP contribution in [-0.4, -0.2) is 86.3 Å². The molecule has 0 aromatic carbocycles. The van der Waals surface area contributed by atoms with Crippen LogP contribution in [-0.2, 0) is 9.53 Å². The molecule has 9 heteroatoms. The van der Waals surface area contributed by atoms with Crippen LogP contribution in [0.1, 0.15) is 118 Å². The van der Waals surface area contributed by atoms with E-state index in [2.05, 4.69) is 33.0 Å². The fraction of sp³-hybridized carbons (Fsp3) is 0.923. The largest absolute Gasteiger partial charge is 0.390 e. The summed E-state index contributed by atoms with van der Waals surface area (Å²) in [5.41, 5.74) is 2.73. The highest BCUT2D eigenvalue weighted by Gasteiger charge is 2.70. The predicted octanol–water partition coefficient (Wildman–Crippen LogP) is 3.83. The molecule has 2 saturated heterocycles. The molecule has 0 aromatic heterocycles. The SMILES string of the molecule is CC(C)CCC[C@@H]1CO[C@@H]([C@@H](O)[C@](C)(O)[C@@H]2CC[C@]3(O)C4=CC(=O)[C@H]5C[C@@H](O)[C@@H](O)C[C@]5(CCC5CCC(N)NC5)[C@@H]4CC[C@]23C)[C@@H]1C. The zero-order valence-corrected chi connectivity index (χ0v) is 30.2. The number of piperidine rings is 1. The summed E-state index contributed by atoms with van der Waals surface area (Å²) in [6.45, 7) is 11.8. The minimum atomic E-state index is -1.50. The predicted molar refractivity (Wildman–Crippen MR) is 184 cm³/mol. The Morgan fingerprint density at radius 1 is 1.10 bits per heavy atom. The van der Waals surface area contributed by atoms with Crippen LogP contribution < -0.4 is 11.1 Å². The Hall–Kier alpha value is -0.910. The van der Waals surface area contributed by atoms with Gasteiger partial charge in [-0.1, -0.05) is 40.5 Å². The number of ether oxygens (including phenoxy) is 1. The first-order valence-corrected chi connectivity index (χ1v) is 19.4. The van der Waals surface area contributed by atoms with Gasteiger partial charge in [-0.15, -0.1) is 0 Å². The molecule has 6 aliphatic rings. The van der Waals surface area contributed by atoms with E-state index in [0.29, 0.717) is 50.0 Å². The maximum Gasteiger partial charge on any atom is 0.159 e. The third-order valence-electron chi connectivity index (χ3n) is 15.2. The molecule has 8 N–H and O–H groups in total. The number of allylic oxidation sites excluding steroid dienone is 1. The van der Waals surface area contributed by atoms with Gasteiger partial charge in [0.05, 0.1) is 42.3 Å². The average molecular weight is 675 g/mol. The van der Waals surface area contributed by atoms with E-state index in [9.17, 15) is 30.3 Å². The van der Waals surface area contributed by atoms with Crippen molar-refractivity contribution in [2.24, 2.45) is 58.0 Å². The summed E-state index contributed by atoms with van der Waals surface area (Å²) in [4.78, 5) is 14.1.